The highest BCUT2D eigenvalue weighted by atomic mass is 32.1. The predicted octanol–water partition coefficient (Wildman–Crippen LogP) is 0.999. The molecule has 1 rings (SSSR count). The number of carbonyl (C=O) groups is 1. The molecule has 1 fully saturated rings. The van der Waals surface area contributed by atoms with Gasteiger partial charge in [-0.15, -0.1) is 0 Å². The van der Waals surface area contributed by atoms with Crippen molar-refractivity contribution in [1.82, 2.24) is 4.90 Å². The first-order valence-electron chi connectivity index (χ1n) is 3.46. The Morgan fingerprint density at radius 2 is 2.30 bits per heavy atom. The molecule has 10 heavy (non-hydrogen) atoms. The molecule has 2 nitrogen and oxygen atoms in total. The zero-order valence-corrected chi connectivity index (χ0v) is 6.91. The summed E-state index contributed by atoms with van der Waals surface area (Å²) in [5, 5.41) is 0. The molecule has 1 heterocycles. The number of likely N-dealkylation sites (tertiary alicyclic amines) is 1. The van der Waals surface area contributed by atoms with E-state index >= 15 is 0 Å². The molecule has 0 atom stereocenters. The molecule has 0 aromatic heterocycles. The smallest absolute Gasteiger partial charge is 0.139 e. The lowest BCUT2D eigenvalue weighted by molar-refractivity contribution is -0.117. The Bertz CT molecular complexity index is 167. The zero-order valence-electron chi connectivity index (χ0n) is 6.09. The molecule has 1 saturated heterocycles. The minimum Gasteiger partial charge on any atom is -0.369 e. The summed E-state index contributed by atoms with van der Waals surface area (Å²) in [7, 11) is 1.95. The molecule has 0 unspecified atom stereocenters. The monoisotopic (exact) mass is 157 g/mol. The lowest BCUT2D eigenvalue weighted by Gasteiger charge is -2.14. The van der Waals surface area contributed by atoms with E-state index in [9.17, 15) is 4.79 Å². The van der Waals surface area contributed by atoms with Crippen LogP contribution in [-0.4, -0.2) is 29.3 Å². The average Bonchev–Trinajstić information content (AvgIpc) is 1.96. The second-order valence-electron chi connectivity index (χ2n) is 2.63. The zero-order chi connectivity index (χ0) is 7.56. The van der Waals surface area contributed by atoms with Crippen LogP contribution in [0.2, 0.25) is 0 Å². The number of thiocarbonyl (C=S) groups is 1. The van der Waals surface area contributed by atoms with E-state index < -0.39 is 0 Å². The van der Waals surface area contributed by atoms with Crippen molar-refractivity contribution in [3.8, 4) is 0 Å². The topological polar surface area (TPSA) is 20.3 Å². The maximum absolute atomic E-state index is 10.9. The van der Waals surface area contributed by atoms with Gasteiger partial charge < -0.3 is 4.90 Å². The second kappa shape index (κ2) is 3.10. The first kappa shape index (κ1) is 7.66. The van der Waals surface area contributed by atoms with Gasteiger partial charge in [0.25, 0.3) is 0 Å². The van der Waals surface area contributed by atoms with Gasteiger partial charge in [0.2, 0.25) is 0 Å². The van der Waals surface area contributed by atoms with Crippen LogP contribution >= 0.6 is 12.2 Å². The normalized spacial score (nSPS) is 21.1. The second-order valence-corrected chi connectivity index (χ2v) is 3.11. The lowest BCUT2D eigenvalue weighted by atomic mass is 10.2. The standard InChI is InChI=1S/C7H11NOS/c1-8-4-2-3-6(9)5-7(8)10/h2-5H2,1H3. The third-order valence-corrected chi connectivity index (χ3v) is 2.18. The van der Waals surface area contributed by atoms with Crippen LogP contribution < -0.4 is 0 Å². The molecule has 0 radical (unpaired) electrons. The molecule has 1 aliphatic rings. The summed E-state index contributed by atoms with van der Waals surface area (Å²) >= 11 is 5.00. The first-order chi connectivity index (χ1) is 4.70. The molecule has 1 aliphatic heterocycles. The highest BCUT2D eigenvalue weighted by Gasteiger charge is 2.14. The summed E-state index contributed by atoms with van der Waals surface area (Å²) in [6.45, 7) is 0.935. The lowest BCUT2D eigenvalue weighted by Crippen LogP contribution is -2.24. The minimum absolute atomic E-state index is 0.286. The summed E-state index contributed by atoms with van der Waals surface area (Å²) in [6, 6.07) is 0. The van der Waals surface area contributed by atoms with Gasteiger partial charge in [0.1, 0.15) is 5.78 Å². The first-order valence-corrected chi connectivity index (χ1v) is 3.86. The van der Waals surface area contributed by atoms with E-state index in [-0.39, 0.29) is 5.78 Å². The Morgan fingerprint density at radius 1 is 1.60 bits per heavy atom. The maximum atomic E-state index is 10.9. The number of hydrogen-bond acceptors (Lipinski definition) is 2. The van der Waals surface area contributed by atoms with Crippen LogP contribution in [0.1, 0.15) is 19.3 Å². The molecule has 0 aromatic carbocycles. The average molecular weight is 157 g/mol. The SMILES string of the molecule is CN1CCCC(=O)CC1=S. The van der Waals surface area contributed by atoms with Crippen LogP contribution in [0.25, 0.3) is 0 Å². The van der Waals surface area contributed by atoms with E-state index in [1.165, 1.54) is 0 Å². The van der Waals surface area contributed by atoms with E-state index in [1.807, 2.05) is 11.9 Å². The number of carbonyl (C=O) groups excluding carboxylic acids is 1. The fourth-order valence-electron chi connectivity index (χ4n) is 1.03. The summed E-state index contributed by atoms with van der Waals surface area (Å²) < 4.78 is 0. The van der Waals surface area contributed by atoms with Crippen molar-refractivity contribution in [3.05, 3.63) is 0 Å². The van der Waals surface area contributed by atoms with Crippen molar-refractivity contribution in [2.45, 2.75) is 19.3 Å². The van der Waals surface area contributed by atoms with Gasteiger partial charge in [0.15, 0.2) is 0 Å². The van der Waals surface area contributed by atoms with Crippen LogP contribution in [0.4, 0.5) is 0 Å². The summed E-state index contributed by atoms with van der Waals surface area (Å²) in [6.07, 6.45) is 2.13. The highest BCUT2D eigenvalue weighted by molar-refractivity contribution is 7.80. The molecule has 0 bridgehead atoms. The Kier molecular flexibility index (Phi) is 2.38. The van der Waals surface area contributed by atoms with E-state index in [0.717, 1.165) is 18.0 Å². The number of hydrogen-bond donors (Lipinski definition) is 0. The van der Waals surface area contributed by atoms with Gasteiger partial charge in [0, 0.05) is 20.0 Å². The molecule has 0 aliphatic carbocycles. The molecule has 0 spiro atoms. The molecular weight excluding hydrogens is 146 g/mol. The van der Waals surface area contributed by atoms with Crippen LogP contribution in [0.15, 0.2) is 0 Å². The van der Waals surface area contributed by atoms with Crippen molar-refractivity contribution >= 4 is 23.0 Å². The van der Waals surface area contributed by atoms with Crippen molar-refractivity contribution in [2.75, 3.05) is 13.6 Å². The molecule has 0 amide bonds. The van der Waals surface area contributed by atoms with E-state index in [0.29, 0.717) is 12.8 Å². The largest absolute Gasteiger partial charge is 0.369 e. The molecule has 0 N–H and O–H groups in total. The van der Waals surface area contributed by atoms with Crippen molar-refractivity contribution in [3.63, 3.8) is 0 Å². The fraction of sp³-hybridized carbons (Fsp3) is 0.714. The summed E-state index contributed by atoms with van der Waals surface area (Å²) in [5.74, 6) is 0.286. The fourth-order valence-corrected chi connectivity index (χ4v) is 1.28. The Morgan fingerprint density at radius 3 is 3.00 bits per heavy atom. The number of nitrogens with zero attached hydrogens (tertiary/aromatic N) is 1. The Balaban J connectivity index is 2.57. The van der Waals surface area contributed by atoms with Gasteiger partial charge in [-0.25, -0.2) is 0 Å². The van der Waals surface area contributed by atoms with E-state index in [4.69, 9.17) is 12.2 Å². The quantitative estimate of drug-likeness (QED) is 0.489. The molecular formula is C7H11NOS. The van der Waals surface area contributed by atoms with Gasteiger partial charge in [0.05, 0.1) is 11.4 Å². The van der Waals surface area contributed by atoms with Gasteiger partial charge in [-0.2, -0.15) is 0 Å². The third kappa shape index (κ3) is 1.77. The van der Waals surface area contributed by atoms with Crippen molar-refractivity contribution in [2.24, 2.45) is 0 Å². The van der Waals surface area contributed by atoms with Gasteiger partial charge in [-0.1, -0.05) is 12.2 Å². The van der Waals surface area contributed by atoms with Gasteiger partial charge in [-0.05, 0) is 6.42 Å². The van der Waals surface area contributed by atoms with Gasteiger partial charge in [-0.3, -0.25) is 4.79 Å². The molecule has 0 saturated carbocycles. The number of Topliss-reactive ketones (excluding diaryl/α,β-unsaturated/α-hetero) is 1. The molecule has 0 aromatic rings. The summed E-state index contributed by atoms with van der Waals surface area (Å²) in [4.78, 5) is 13.7. The van der Waals surface area contributed by atoms with E-state index in [2.05, 4.69) is 0 Å². The predicted molar refractivity (Wildman–Crippen MR) is 44.1 cm³/mol. The Labute approximate surface area is 66.2 Å². The summed E-state index contributed by atoms with van der Waals surface area (Å²) in [5.41, 5.74) is 0. The van der Waals surface area contributed by atoms with Crippen LogP contribution in [0.3, 0.4) is 0 Å². The van der Waals surface area contributed by atoms with Gasteiger partial charge >= 0.3 is 0 Å². The minimum atomic E-state index is 0.286. The molecule has 56 valence electrons. The van der Waals surface area contributed by atoms with Crippen LogP contribution in [-0.2, 0) is 4.79 Å². The van der Waals surface area contributed by atoms with E-state index in [1.54, 1.807) is 0 Å². The van der Waals surface area contributed by atoms with Crippen LogP contribution in [0.5, 0.6) is 0 Å². The molecule has 3 heteroatoms. The highest BCUT2D eigenvalue weighted by Crippen LogP contribution is 2.07. The Hall–Kier alpha value is -0.440. The number of rotatable bonds is 0. The third-order valence-electron chi connectivity index (χ3n) is 1.72. The van der Waals surface area contributed by atoms with Crippen LogP contribution in [0, 0.1) is 0 Å². The van der Waals surface area contributed by atoms with Crippen molar-refractivity contribution in [1.29, 1.82) is 0 Å². The van der Waals surface area contributed by atoms with Crippen molar-refractivity contribution < 1.29 is 4.79 Å². The number of ketones is 1. The maximum Gasteiger partial charge on any atom is 0.139 e.